The summed E-state index contributed by atoms with van der Waals surface area (Å²) in [6, 6.07) is 0. The fraction of sp³-hybridized carbons (Fsp3) is 0.800. The van der Waals surface area contributed by atoms with Crippen molar-refractivity contribution < 1.29 is 9.94 Å². The molecule has 3 nitrogen and oxygen atoms in total. The Labute approximate surface area is 81.0 Å². The number of ether oxygens (including phenoxy) is 1. The van der Waals surface area contributed by atoms with Gasteiger partial charge in [-0.25, -0.2) is 0 Å². The van der Waals surface area contributed by atoms with E-state index in [-0.39, 0.29) is 0 Å². The Morgan fingerprint density at radius 3 is 2.69 bits per heavy atom. The van der Waals surface area contributed by atoms with Crippen molar-refractivity contribution >= 4 is 0 Å². The maximum atomic E-state index is 8.82. The number of rotatable bonds is 8. The smallest absolute Gasteiger partial charge is 0.0845 e. The molecule has 0 aromatic rings. The molecule has 1 N–H and O–H groups in total. The van der Waals surface area contributed by atoms with Crippen molar-refractivity contribution in [2.75, 3.05) is 20.2 Å². The van der Waals surface area contributed by atoms with Crippen LogP contribution in [-0.4, -0.2) is 30.5 Å². The summed E-state index contributed by atoms with van der Waals surface area (Å²) in [4.78, 5) is 0. The van der Waals surface area contributed by atoms with Crippen LogP contribution < -0.4 is 0 Å². The monoisotopic (exact) mass is 187 g/mol. The van der Waals surface area contributed by atoms with Crippen molar-refractivity contribution in [3.63, 3.8) is 0 Å². The molecule has 0 rings (SSSR count). The van der Waals surface area contributed by atoms with Gasteiger partial charge in [0.15, 0.2) is 0 Å². The Morgan fingerprint density at radius 2 is 2.08 bits per heavy atom. The van der Waals surface area contributed by atoms with Crippen molar-refractivity contribution in [2.24, 2.45) is 0 Å². The van der Waals surface area contributed by atoms with Gasteiger partial charge in [-0.3, -0.25) is 0 Å². The molecule has 0 bridgehead atoms. The maximum absolute atomic E-state index is 8.82. The Morgan fingerprint density at radius 1 is 1.31 bits per heavy atom. The molecule has 0 aliphatic carbocycles. The van der Waals surface area contributed by atoms with Crippen LogP contribution in [-0.2, 0) is 4.74 Å². The Bertz CT molecular complexity index is 124. The lowest BCUT2D eigenvalue weighted by Crippen LogP contribution is -2.13. The molecule has 0 aromatic carbocycles. The summed E-state index contributed by atoms with van der Waals surface area (Å²) in [6.07, 6.45) is 8.24. The second kappa shape index (κ2) is 9.55. The van der Waals surface area contributed by atoms with E-state index in [0.29, 0.717) is 0 Å². The van der Waals surface area contributed by atoms with Crippen LogP contribution in [0.2, 0.25) is 0 Å². The summed E-state index contributed by atoms with van der Waals surface area (Å²) in [5, 5.41) is 10.1. The fourth-order valence-electron chi connectivity index (χ4n) is 1.01. The van der Waals surface area contributed by atoms with Gasteiger partial charge in [-0.15, -0.1) is 0 Å². The van der Waals surface area contributed by atoms with Crippen LogP contribution in [0.5, 0.6) is 0 Å². The number of nitrogens with zero attached hydrogens (tertiary/aromatic N) is 1. The summed E-state index contributed by atoms with van der Waals surface area (Å²) in [5.74, 6) is 0. The molecular weight excluding hydrogens is 166 g/mol. The summed E-state index contributed by atoms with van der Waals surface area (Å²) < 4.78 is 5.05. The molecule has 0 saturated carbocycles. The van der Waals surface area contributed by atoms with Gasteiger partial charge in [0.2, 0.25) is 0 Å². The molecule has 0 fully saturated rings. The quantitative estimate of drug-likeness (QED) is 0.360. The van der Waals surface area contributed by atoms with Crippen LogP contribution in [0, 0.1) is 0 Å². The number of unbranched alkanes of at least 4 members (excludes halogenated alkanes) is 3. The van der Waals surface area contributed by atoms with Crippen LogP contribution in [0.25, 0.3) is 0 Å². The third-order valence-corrected chi connectivity index (χ3v) is 1.71. The van der Waals surface area contributed by atoms with E-state index < -0.39 is 0 Å². The molecule has 3 heteroatoms. The zero-order chi connectivity index (χ0) is 9.94. The zero-order valence-electron chi connectivity index (χ0n) is 8.70. The normalized spacial score (nSPS) is 11.4. The second-order valence-electron chi connectivity index (χ2n) is 3.06. The molecule has 0 saturated heterocycles. The maximum Gasteiger partial charge on any atom is 0.0845 e. The highest BCUT2D eigenvalue weighted by atomic mass is 16.5. The highest BCUT2D eigenvalue weighted by molar-refractivity contribution is 4.72. The number of allylic oxidation sites excluding steroid dienone is 1. The van der Waals surface area contributed by atoms with Crippen molar-refractivity contribution in [3.05, 3.63) is 12.3 Å². The van der Waals surface area contributed by atoms with Crippen molar-refractivity contribution in [3.8, 4) is 0 Å². The van der Waals surface area contributed by atoms with Crippen LogP contribution in [0.15, 0.2) is 12.3 Å². The molecule has 0 aromatic heterocycles. The van der Waals surface area contributed by atoms with Crippen LogP contribution >= 0.6 is 0 Å². The molecule has 0 aliphatic rings. The number of hydrogen-bond acceptors (Lipinski definition) is 3. The predicted octanol–water partition coefficient (Wildman–Crippen LogP) is 2.42. The lowest BCUT2D eigenvalue weighted by molar-refractivity contribution is -0.0655. The molecule has 0 spiro atoms. The summed E-state index contributed by atoms with van der Waals surface area (Å²) >= 11 is 0. The van der Waals surface area contributed by atoms with Gasteiger partial charge in [0.1, 0.15) is 0 Å². The SMILES string of the molecule is CCO/C=C/CCCCCN(C)O. The first-order valence-corrected chi connectivity index (χ1v) is 4.94. The first kappa shape index (κ1) is 12.5. The third-order valence-electron chi connectivity index (χ3n) is 1.71. The summed E-state index contributed by atoms with van der Waals surface area (Å²) in [5.41, 5.74) is 0. The highest BCUT2D eigenvalue weighted by Gasteiger charge is 1.91. The third kappa shape index (κ3) is 11.5. The molecule has 0 atom stereocenters. The first-order valence-electron chi connectivity index (χ1n) is 4.94. The van der Waals surface area contributed by atoms with Crippen LogP contribution in [0.3, 0.4) is 0 Å². The van der Waals surface area contributed by atoms with Gasteiger partial charge in [-0.1, -0.05) is 6.42 Å². The molecule has 13 heavy (non-hydrogen) atoms. The number of hydroxylamine groups is 2. The van der Waals surface area contributed by atoms with E-state index in [1.807, 2.05) is 13.0 Å². The van der Waals surface area contributed by atoms with Crippen molar-refractivity contribution in [1.29, 1.82) is 0 Å². The molecule has 0 unspecified atom stereocenters. The van der Waals surface area contributed by atoms with Crippen molar-refractivity contribution in [1.82, 2.24) is 5.06 Å². The minimum absolute atomic E-state index is 0.742. The Balaban J connectivity index is 2.99. The van der Waals surface area contributed by atoms with Gasteiger partial charge in [0.05, 0.1) is 12.9 Å². The predicted molar refractivity (Wildman–Crippen MR) is 53.7 cm³/mol. The standard InChI is InChI=1S/C10H21NO2/c1-3-13-10-8-6-4-5-7-9-11(2)12/h8,10,12H,3-7,9H2,1-2H3/b10-8+. The lowest BCUT2D eigenvalue weighted by atomic mass is 10.2. The Kier molecular flexibility index (Phi) is 9.15. The molecule has 0 heterocycles. The lowest BCUT2D eigenvalue weighted by Gasteiger charge is -2.05. The molecule has 0 amide bonds. The first-order chi connectivity index (χ1) is 6.27. The van der Waals surface area contributed by atoms with Gasteiger partial charge in [0, 0.05) is 13.6 Å². The van der Waals surface area contributed by atoms with Gasteiger partial charge < -0.3 is 9.94 Å². The second-order valence-corrected chi connectivity index (χ2v) is 3.06. The summed E-state index contributed by atoms with van der Waals surface area (Å²) in [7, 11) is 1.68. The van der Waals surface area contributed by atoms with E-state index in [9.17, 15) is 0 Å². The van der Waals surface area contributed by atoms with Crippen LogP contribution in [0.1, 0.15) is 32.6 Å². The average molecular weight is 187 g/mol. The largest absolute Gasteiger partial charge is 0.502 e. The van der Waals surface area contributed by atoms with E-state index in [4.69, 9.17) is 9.94 Å². The molecular formula is C10H21NO2. The van der Waals surface area contributed by atoms with E-state index in [2.05, 4.69) is 0 Å². The topological polar surface area (TPSA) is 32.7 Å². The van der Waals surface area contributed by atoms with Crippen LogP contribution in [0.4, 0.5) is 0 Å². The van der Waals surface area contributed by atoms with E-state index >= 15 is 0 Å². The fourth-order valence-corrected chi connectivity index (χ4v) is 1.01. The molecule has 0 radical (unpaired) electrons. The van der Waals surface area contributed by atoms with E-state index in [0.717, 1.165) is 38.8 Å². The van der Waals surface area contributed by atoms with Gasteiger partial charge in [-0.05, 0) is 32.3 Å². The van der Waals surface area contributed by atoms with E-state index in [1.165, 1.54) is 5.06 Å². The minimum Gasteiger partial charge on any atom is -0.502 e. The average Bonchev–Trinajstić information content (AvgIpc) is 2.09. The highest BCUT2D eigenvalue weighted by Crippen LogP contribution is 2.01. The Hall–Kier alpha value is -0.540. The van der Waals surface area contributed by atoms with Gasteiger partial charge in [0.25, 0.3) is 0 Å². The van der Waals surface area contributed by atoms with E-state index in [1.54, 1.807) is 13.3 Å². The molecule has 0 aliphatic heterocycles. The minimum atomic E-state index is 0.742. The number of hydrogen-bond donors (Lipinski definition) is 1. The molecule has 78 valence electrons. The zero-order valence-corrected chi connectivity index (χ0v) is 8.70. The van der Waals surface area contributed by atoms with Crippen molar-refractivity contribution in [2.45, 2.75) is 32.6 Å². The van der Waals surface area contributed by atoms with Gasteiger partial charge in [-0.2, -0.15) is 5.06 Å². The van der Waals surface area contributed by atoms with Gasteiger partial charge >= 0.3 is 0 Å². The summed E-state index contributed by atoms with van der Waals surface area (Å²) in [6.45, 7) is 3.47.